The van der Waals surface area contributed by atoms with Crippen LogP contribution in [0.1, 0.15) is 0 Å². The first kappa shape index (κ1) is 10.0. The molecule has 3 nitrogen and oxygen atoms in total. The summed E-state index contributed by atoms with van der Waals surface area (Å²) in [5.74, 6) is -0.318. The van der Waals surface area contributed by atoms with E-state index in [0.29, 0.717) is 11.1 Å². The average Bonchev–Trinajstić information content (AvgIpc) is 2.40. The van der Waals surface area contributed by atoms with Gasteiger partial charge in [-0.05, 0) is 24.4 Å². The maximum absolute atomic E-state index is 11.9. The first-order valence-corrected chi connectivity index (χ1v) is 4.23. The predicted molar refractivity (Wildman–Crippen MR) is 48.1 cm³/mol. The molecule has 0 radical (unpaired) electrons. The number of aromatic amines is 1. The van der Waals surface area contributed by atoms with Gasteiger partial charge < -0.3 is 14.1 Å². The number of halogens is 3. The molecule has 0 aliphatic carbocycles. The van der Waals surface area contributed by atoms with E-state index < -0.39 is 6.36 Å². The van der Waals surface area contributed by atoms with Crippen molar-refractivity contribution >= 4 is 23.3 Å². The van der Waals surface area contributed by atoms with E-state index in [2.05, 4.69) is 21.9 Å². The van der Waals surface area contributed by atoms with E-state index in [0.717, 1.165) is 6.07 Å². The van der Waals surface area contributed by atoms with Crippen LogP contribution in [-0.4, -0.2) is 11.3 Å². The standard InChI is InChI=1S/C8H4F3NO2S/c9-8(10,11)14-4-1-2-6-5(3-4)12-7(15)13-6/h1-3H,(H,12,15). The molecule has 15 heavy (non-hydrogen) atoms. The number of nitrogens with one attached hydrogen (secondary N) is 1. The van der Waals surface area contributed by atoms with Crippen molar-refractivity contribution < 1.29 is 22.3 Å². The van der Waals surface area contributed by atoms with E-state index in [-0.39, 0.29) is 10.6 Å². The lowest BCUT2D eigenvalue weighted by Gasteiger charge is -2.07. The summed E-state index contributed by atoms with van der Waals surface area (Å²) in [7, 11) is 0. The van der Waals surface area contributed by atoms with E-state index in [9.17, 15) is 13.2 Å². The Balaban J connectivity index is 2.42. The van der Waals surface area contributed by atoms with Gasteiger partial charge in [0.25, 0.3) is 4.84 Å². The van der Waals surface area contributed by atoms with Gasteiger partial charge in [-0.15, -0.1) is 13.2 Å². The Morgan fingerprint density at radius 3 is 2.73 bits per heavy atom. The van der Waals surface area contributed by atoms with Crippen LogP contribution >= 0.6 is 12.2 Å². The highest BCUT2D eigenvalue weighted by molar-refractivity contribution is 7.71. The summed E-state index contributed by atoms with van der Waals surface area (Å²) in [4.78, 5) is 2.69. The summed E-state index contributed by atoms with van der Waals surface area (Å²) in [5.41, 5.74) is 0.747. The van der Waals surface area contributed by atoms with E-state index in [1.54, 1.807) is 0 Å². The van der Waals surface area contributed by atoms with Crippen molar-refractivity contribution in [2.24, 2.45) is 0 Å². The first-order valence-electron chi connectivity index (χ1n) is 3.83. The molecule has 2 aromatic rings. The van der Waals surface area contributed by atoms with Crippen LogP contribution in [0.15, 0.2) is 22.6 Å². The summed E-state index contributed by atoms with van der Waals surface area (Å²) in [6.07, 6.45) is -4.70. The topological polar surface area (TPSA) is 38.2 Å². The summed E-state index contributed by atoms with van der Waals surface area (Å²) < 4.78 is 44.3. The van der Waals surface area contributed by atoms with Gasteiger partial charge >= 0.3 is 6.36 Å². The molecule has 2 rings (SSSR count). The Hall–Kier alpha value is -1.50. The number of H-pyrrole nitrogens is 1. The zero-order valence-corrected chi connectivity index (χ0v) is 7.91. The SMILES string of the molecule is FC(F)(F)Oc1ccc2oc(=S)[nH]c2c1. The van der Waals surface area contributed by atoms with E-state index in [4.69, 9.17) is 4.42 Å². The second-order valence-corrected chi connectivity index (χ2v) is 3.09. The third kappa shape index (κ3) is 2.30. The van der Waals surface area contributed by atoms with E-state index in [1.807, 2.05) is 0 Å². The molecule has 1 heterocycles. The van der Waals surface area contributed by atoms with Crippen LogP contribution in [0, 0.1) is 4.84 Å². The molecule has 0 spiro atoms. The molecule has 80 valence electrons. The second kappa shape index (κ2) is 3.27. The highest BCUT2D eigenvalue weighted by Gasteiger charge is 2.31. The lowest BCUT2D eigenvalue weighted by atomic mass is 10.3. The zero-order chi connectivity index (χ0) is 11.1. The average molecular weight is 235 g/mol. The van der Waals surface area contributed by atoms with E-state index in [1.165, 1.54) is 12.1 Å². The lowest BCUT2D eigenvalue weighted by molar-refractivity contribution is -0.274. The molecule has 0 atom stereocenters. The van der Waals surface area contributed by atoms with Crippen LogP contribution in [0.25, 0.3) is 11.1 Å². The third-order valence-electron chi connectivity index (χ3n) is 1.62. The van der Waals surface area contributed by atoms with E-state index >= 15 is 0 Å². The Morgan fingerprint density at radius 2 is 2.07 bits per heavy atom. The van der Waals surface area contributed by atoms with Crippen LogP contribution in [0.2, 0.25) is 0 Å². The van der Waals surface area contributed by atoms with Crippen LogP contribution in [0.4, 0.5) is 13.2 Å². The smallest absolute Gasteiger partial charge is 0.429 e. The number of ether oxygens (including phenoxy) is 1. The molecule has 1 N–H and O–H groups in total. The maximum atomic E-state index is 11.9. The van der Waals surface area contributed by atoms with Gasteiger partial charge in [-0.3, -0.25) is 0 Å². The highest BCUT2D eigenvalue weighted by atomic mass is 32.1. The fourth-order valence-electron chi connectivity index (χ4n) is 1.13. The van der Waals surface area contributed by atoms with Gasteiger partial charge in [-0.2, -0.15) is 0 Å². The molecule has 0 bridgehead atoms. The Bertz CT molecular complexity index is 543. The van der Waals surface area contributed by atoms with Gasteiger partial charge in [0.1, 0.15) is 5.75 Å². The molecule has 0 unspecified atom stereocenters. The number of benzene rings is 1. The minimum Gasteiger partial charge on any atom is -0.429 e. The van der Waals surface area contributed by atoms with Crippen LogP contribution in [0.5, 0.6) is 5.75 Å². The highest BCUT2D eigenvalue weighted by Crippen LogP contribution is 2.25. The largest absolute Gasteiger partial charge is 0.573 e. The van der Waals surface area contributed by atoms with Crippen molar-refractivity contribution in [1.29, 1.82) is 0 Å². The van der Waals surface area contributed by atoms with Crippen molar-refractivity contribution in [3.05, 3.63) is 23.0 Å². The summed E-state index contributed by atoms with van der Waals surface area (Å²) in [5, 5.41) is 0. The van der Waals surface area contributed by atoms with Gasteiger partial charge in [0.2, 0.25) is 0 Å². The van der Waals surface area contributed by atoms with Crippen molar-refractivity contribution in [2.75, 3.05) is 0 Å². The molecular formula is C8H4F3NO2S. The van der Waals surface area contributed by atoms with Gasteiger partial charge in [-0.25, -0.2) is 0 Å². The molecule has 7 heteroatoms. The number of hydrogen-bond acceptors (Lipinski definition) is 3. The molecule has 1 aromatic heterocycles. The maximum Gasteiger partial charge on any atom is 0.573 e. The predicted octanol–water partition coefficient (Wildman–Crippen LogP) is 3.39. The number of hydrogen-bond donors (Lipinski definition) is 1. The number of aromatic nitrogens is 1. The Morgan fingerprint density at radius 1 is 1.33 bits per heavy atom. The van der Waals surface area contributed by atoms with Gasteiger partial charge in [0, 0.05) is 6.07 Å². The molecule has 0 saturated carbocycles. The van der Waals surface area contributed by atoms with Crippen molar-refractivity contribution in [3.63, 3.8) is 0 Å². The molecule has 0 fully saturated rings. The normalized spacial score (nSPS) is 11.9. The number of oxazole rings is 1. The molecule has 0 aliphatic heterocycles. The van der Waals surface area contributed by atoms with Gasteiger partial charge in [0.05, 0.1) is 5.52 Å². The minimum absolute atomic E-state index is 0.106. The first-order chi connectivity index (χ1) is 6.94. The van der Waals surface area contributed by atoms with Crippen molar-refractivity contribution in [3.8, 4) is 5.75 Å². The number of fused-ring (bicyclic) bond motifs is 1. The molecular weight excluding hydrogens is 231 g/mol. The van der Waals surface area contributed by atoms with Crippen molar-refractivity contribution in [2.45, 2.75) is 6.36 Å². The Labute approximate surface area is 86.5 Å². The Kier molecular flexibility index (Phi) is 2.18. The second-order valence-electron chi connectivity index (χ2n) is 2.72. The molecule has 1 aromatic carbocycles. The minimum atomic E-state index is -4.70. The van der Waals surface area contributed by atoms with Gasteiger partial charge in [-0.1, -0.05) is 0 Å². The zero-order valence-electron chi connectivity index (χ0n) is 7.09. The number of alkyl halides is 3. The fraction of sp³-hybridized carbons (Fsp3) is 0.125. The number of rotatable bonds is 1. The van der Waals surface area contributed by atoms with Crippen molar-refractivity contribution in [1.82, 2.24) is 4.98 Å². The summed E-state index contributed by atoms with van der Waals surface area (Å²) in [6, 6.07) is 3.67. The van der Waals surface area contributed by atoms with Crippen LogP contribution in [-0.2, 0) is 0 Å². The molecule has 0 amide bonds. The third-order valence-corrected chi connectivity index (χ3v) is 1.81. The fourth-order valence-corrected chi connectivity index (χ4v) is 1.33. The summed E-state index contributed by atoms with van der Waals surface area (Å²) in [6.45, 7) is 0. The summed E-state index contributed by atoms with van der Waals surface area (Å²) >= 11 is 4.68. The molecule has 0 saturated heterocycles. The van der Waals surface area contributed by atoms with Crippen LogP contribution in [0.3, 0.4) is 0 Å². The van der Waals surface area contributed by atoms with Crippen LogP contribution < -0.4 is 4.74 Å². The van der Waals surface area contributed by atoms with Gasteiger partial charge in [0.15, 0.2) is 5.58 Å². The quantitative estimate of drug-likeness (QED) is 0.770. The monoisotopic (exact) mass is 235 g/mol. The molecule has 0 aliphatic rings. The lowest BCUT2D eigenvalue weighted by Crippen LogP contribution is -2.16.